The molecule has 1 amide bonds. The Morgan fingerprint density at radius 2 is 2.17 bits per heavy atom. The molecule has 1 unspecified atom stereocenters. The van der Waals surface area contributed by atoms with E-state index < -0.39 is 0 Å². The van der Waals surface area contributed by atoms with Crippen molar-refractivity contribution in [1.82, 2.24) is 14.8 Å². The summed E-state index contributed by atoms with van der Waals surface area (Å²) in [6.07, 6.45) is 6.22. The predicted molar refractivity (Wildman–Crippen MR) is 89.3 cm³/mol. The van der Waals surface area contributed by atoms with Crippen molar-refractivity contribution in [3.05, 3.63) is 29.6 Å². The monoisotopic (exact) mass is 317 g/mol. The van der Waals surface area contributed by atoms with Crippen molar-refractivity contribution in [2.75, 3.05) is 39.4 Å². The highest BCUT2D eigenvalue weighted by molar-refractivity contribution is 5.78. The number of rotatable bonds is 5. The minimum atomic E-state index is 0.292. The Morgan fingerprint density at radius 3 is 2.96 bits per heavy atom. The van der Waals surface area contributed by atoms with Crippen LogP contribution in [0.25, 0.3) is 0 Å². The van der Waals surface area contributed by atoms with Crippen LogP contribution in [0.3, 0.4) is 0 Å². The summed E-state index contributed by atoms with van der Waals surface area (Å²) in [7, 11) is 0. The van der Waals surface area contributed by atoms with Crippen molar-refractivity contribution in [3.63, 3.8) is 0 Å². The number of ether oxygens (including phenoxy) is 1. The molecule has 1 atom stereocenters. The number of morpholine rings is 1. The zero-order valence-electron chi connectivity index (χ0n) is 14.0. The van der Waals surface area contributed by atoms with Crippen LogP contribution in [0.5, 0.6) is 0 Å². The van der Waals surface area contributed by atoms with Gasteiger partial charge in [-0.3, -0.25) is 14.7 Å². The average Bonchev–Trinajstić information content (AvgIpc) is 3.03. The topological polar surface area (TPSA) is 45.7 Å². The Labute approximate surface area is 138 Å². The molecule has 0 aliphatic carbocycles. The van der Waals surface area contributed by atoms with E-state index in [1.165, 1.54) is 5.56 Å². The second-order valence-electron chi connectivity index (χ2n) is 6.62. The molecule has 3 heterocycles. The molecule has 2 aliphatic heterocycles. The van der Waals surface area contributed by atoms with Crippen LogP contribution in [0.4, 0.5) is 0 Å². The van der Waals surface area contributed by atoms with Crippen molar-refractivity contribution >= 4 is 5.91 Å². The highest BCUT2D eigenvalue weighted by Gasteiger charge is 2.29. The van der Waals surface area contributed by atoms with E-state index >= 15 is 0 Å². The fraction of sp³-hybridized carbons (Fsp3) is 0.667. The maximum Gasteiger partial charge on any atom is 0.236 e. The van der Waals surface area contributed by atoms with Crippen LogP contribution < -0.4 is 0 Å². The van der Waals surface area contributed by atoms with Gasteiger partial charge < -0.3 is 9.64 Å². The lowest BCUT2D eigenvalue weighted by atomic mass is 10.0. The summed E-state index contributed by atoms with van der Waals surface area (Å²) in [5, 5.41) is 0. The summed E-state index contributed by atoms with van der Waals surface area (Å²) in [6.45, 7) is 6.74. The molecule has 126 valence electrons. The van der Waals surface area contributed by atoms with Crippen LogP contribution in [-0.2, 0) is 16.0 Å². The normalized spacial score (nSPS) is 22.5. The van der Waals surface area contributed by atoms with Crippen LogP contribution in [0, 0.1) is 6.92 Å². The third kappa shape index (κ3) is 4.52. The lowest BCUT2D eigenvalue weighted by molar-refractivity contribution is -0.134. The molecule has 0 N–H and O–H groups in total. The van der Waals surface area contributed by atoms with Gasteiger partial charge in [0.1, 0.15) is 0 Å². The van der Waals surface area contributed by atoms with Gasteiger partial charge in [-0.05, 0) is 50.3 Å². The number of carbonyl (C=O) groups is 1. The first-order chi connectivity index (χ1) is 11.2. The van der Waals surface area contributed by atoms with E-state index in [2.05, 4.69) is 26.9 Å². The number of hydrogen-bond donors (Lipinski definition) is 0. The van der Waals surface area contributed by atoms with Crippen LogP contribution >= 0.6 is 0 Å². The molecular formula is C18H27N3O2. The molecule has 0 saturated carbocycles. The predicted octanol–water partition coefficient (Wildman–Crippen LogP) is 1.65. The fourth-order valence-electron chi connectivity index (χ4n) is 3.60. The SMILES string of the molecule is Cc1cc(CCC2CCCN2C(=O)CN2CCOCC2)ccn1. The van der Waals surface area contributed by atoms with Crippen LogP contribution in [0.2, 0.25) is 0 Å². The van der Waals surface area contributed by atoms with E-state index in [0.717, 1.165) is 64.2 Å². The number of carbonyl (C=O) groups excluding carboxylic acids is 1. The first-order valence-corrected chi connectivity index (χ1v) is 8.73. The second kappa shape index (κ2) is 7.88. The van der Waals surface area contributed by atoms with Gasteiger partial charge in [0, 0.05) is 37.6 Å². The Balaban J connectivity index is 1.51. The van der Waals surface area contributed by atoms with Crippen LogP contribution in [0.1, 0.15) is 30.5 Å². The number of hydrogen-bond acceptors (Lipinski definition) is 4. The largest absolute Gasteiger partial charge is 0.379 e. The summed E-state index contributed by atoms with van der Waals surface area (Å²) in [6, 6.07) is 4.63. The third-order valence-corrected chi connectivity index (χ3v) is 4.89. The first-order valence-electron chi connectivity index (χ1n) is 8.73. The van der Waals surface area contributed by atoms with Gasteiger partial charge in [0.15, 0.2) is 0 Å². The van der Waals surface area contributed by atoms with Gasteiger partial charge in [-0.1, -0.05) is 0 Å². The lowest BCUT2D eigenvalue weighted by Gasteiger charge is -2.30. The molecule has 0 bridgehead atoms. The van der Waals surface area contributed by atoms with Gasteiger partial charge in [0.25, 0.3) is 0 Å². The minimum Gasteiger partial charge on any atom is -0.379 e. The molecule has 0 spiro atoms. The molecule has 3 rings (SSSR count). The molecule has 1 aromatic heterocycles. The molecule has 5 heteroatoms. The van der Waals surface area contributed by atoms with Gasteiger partial charge >= 0.3 is 0 Å². The molecule has 2 saturated heterocycles. The number of pyridine rings is 1. The van der Waals surface area contributed by atoms with Crippen molar-refractivity contribution in [3.8, 4) is 0 Å². The van der Waals surface area contributed by atoms with E-state index in [9.17, 15) is 4.79 Å². The van der Waals surface area contributed by atoms with Crippen molar-refractivity contribution in [2.45, 2.75) is 38.6 Å². The summed E-state index contributed by atoms with van der Waals surface area (Å²) in [5.74, 6) is 0.292. The first kappa shape index (κ1) is 16.4. The molecule has 5 nitrogen and oxygen atoms in total. The van der Waals surface area contributed by atoms with Gasteiger partial charge in [0.05, 0.1) is 19.8 Å². The minimum absolute atomic E-state index is 0.292. The lowest BCUT2D eigenvalue weighted by Crippen LogP contribution is -2.46. The van der Waals surface area contributed by atoms with Crippen molar-refractivity contribution in [1.29, 1.82) is 0 Å². The van der Waals surface area contributed by atoms with Gasteiger partial charge in [-0.15, -0.1) is 0 Å². The fourth-order valence-corrected chi connectivity index (χ4v) is 3.60. The number of nitrogens with zero attached hydrogens (tertiary/aromatic N) is 3. The number of aromatic nitrogens is 1. The van der Waals surface area contributed by atoms with Crippen molar-refractivity contribution < 1.29 is 9.53 Å². The molecule has 1 aromatic rings. The molecule has 2 fully saturated rings. The highest BCUT2D eigenvalue weighted by Crippen LogP contribution is 2.22. The molecule has 23 heavy (non-hydrogen) atoms. The second-order valence-corrected chi connectivity index (χ2v) is 6.62. The Kier molecular flexibility index (Phi) is 5.62. The maximum atomic E-state index is 12.6. The molecule has 2 aliphatic rings. The zero-order chi connectivity index (χ0) is 16.1. The highest BCUT2D eigenvalue weighted by atomic mass is 16.5. The van der Waals surface area contributed by atoms with E-state index in [1.807, 2.05) is 13.1 Å². The summed E-state index contributed by atoms with van der Waals surface area (Å²) in [4.78, 5) is 21.2. The van der Waals surface area contributed by atoms with Gasteiger partial charge in [-0.25, -0.2) is 0 Å². The smallest absolute Gasteiger partial charge is 0.236 e. The van der Waals surface area contributed by atoms with Gasteiger partial charge in [-0.2, -0.15) is 0 Å². The Hall–Kier alpha value is -1.46. The average molecular weight is 317 g/mol. The number of likely N-dealkylation sites (tertiary alicyclic amines) is 1. The zero-order valence-corrected chi connectivity index (χ0v) is 14.0. The number of aryl methyl sites for hydroxylation is 2. The van der Waals surface area contributed by atoms with E-state index in [1.54, 1.807) is 0 Å². The molecule has 0 aromatic carbocycles. The van der Waals surface area contributed by atoms with Gasteiger partial charge in [0.2, 0.25) is 5.91 Å². The Morgan fingerprint density at radius 1 is 1.35 bits per heavy atom. The summed E-state index contributed by atoms with van der Waals surface area (Å²) < 4.78 is 5.35. The molecular weight excluding hydrogens is 290 g/mol. The van der Waals surface area contributed by atoms with Crippen LogP contribution in [0.15, 0.2) is 18.3 Å². The van der Waals surface area contributed by atoms with E-state index in [-0.39, 0.29) is 0 Å². The van der Waals surface area contributed by atoms with E-state index in [0.29, 0.717) is 18.5 Å². The Bertz CT molecular complexity index is 529. The quantitative estimate of drug-likeness (QED) is 0.828. The number of amides is 1. The van der Waals surface area contributed by atoms with Crippen LogP contribution in [-0.4, -0.2) is 66.1 Å². The summed E-state index contributed by atoms with van der Waals surface area (Å²) in [5.41, 5.74) is 2.39. The van der Waals surface area contributed by atoms with Crippen molar-refractivity contribution in [2.24, 2.45) is 0 Å². The maximum absolute atomic E-state index is 12.6. The molecule has 0 radical (unpaired) electrons. The van der Waals surface area contributed by atoms with E-state index in [4.69, 9.17) is 4.74 Å². The third-order valence-electron chi connectivity index (χ3n) is 4.89. The standard InChI is InChI=1S/C18H27N3O2/c1-15-13-16(6-7-19-15)4-5-17-3-2-8-21(17)18(22)14-20-9-11-23-12-10-20/h6-7,13,17H,2-5,8-12,14H2,1H3. The summed E-state index contributed by atoms with van der Waals surface area (Å²) >= 11 is 0.